The lowest BCUT2D eigenvalue weighted by Gasteiger charge is -2.33. The number of carbonyl (C=O) groups excluding carboxylic acids is 2. The number of amides is 2. The number of alkyl halides is 3. The van der Waals surface area contributed by atoms with Crippen molar-refractivity contribution in [3.63, 3.8) is 0 Å². The largest absolute Gasteiger partial charge is 0.471 e. The molecule has 0 saturated carbocycles. The predicted octanol–water partition coefficient (Wildman–Crippen LogP) is 5.43. The fraction of sp³-hybridized carbons (Fsp3) is 0.385. The maximum absolute atomic E-state index is 14.5. The number of aryl methyl sites for hydroxylation is 1. The molecule has 1 heterocycles. The topological polar surface area (TPSA) is 49.4 Å². The zero-order valence-electron chi connectivity index (χ0n) is 19.4. The fourth-order valence-electron chi connectivity index (χ4n) is 4.30. The molecule has 0 radical (unpaired) electrons. The molecular weight excluding hydrogens is 448 g/mol. The van der Waals surface area contributed by atoms with Crippen LogP contribution < -0.4 is 5.32 Å². The molecule has 1 N–H and O–H groups in total. The molecule has 1 aliphatic heterocycles. The molecule has 1 fully saturated rings. The molecule has 3 rings (SSSR count). The number of allylic oxidation sites excluding steroid dienone is 1. The summed E-state index contributed by atoms with van der Waals surface area (Å²) in [5, 5.41) is 1.81. The van der Waals surface area contributed by atoms with Crippen molar-refractivity contribution in [2.24, 2.45) is 0 Å². The second kappa shape index (κ2) is 10.4. The third kappa shape index (κ3) is 5.66. The van der Waals surface area contributed by atoms with Crippen molar-refractivity contribution in [2.75, 3.05) is 13.1 Å². The van der Waals surface area contributed by atoms with Gasteiger partial charge in [0.25, 0.3) is 5.91 Å². The molecular formula is C26H28F4N2O2. The maximum atomic E-state index is 14.5. The van der Waals surface area contributed by atoms with Gasteiger partial charge in [-0.1, -0.05) is 36.4 Å². The molecule has 0 aliphatic carbocycles. The molecule has 2 aromatic carbocycles. The molecule has 2 aromatic rings. The van der Waals surface area contributed by atoms with Crippen molar-refractivity contribution in [3.05, 3.63) is 76.1 Å². The quantitative estimate of drug-likeness (QED) is 0.462. The van der Waals surface area contributed by atoms with Gasteiger partial charge in [0, 0.05) is 25.2 Å². The molecule has 0 aromatic heterocycles. The summed E-state index contributed by atoms with van der Waals surface area (Å²) in [6.45, 7) is 6.36. The molecule has 0 spiro atoms. The SMILES string of the molecule is C/C=C(/C(=O)N1CCC(c2cc(CNC(=O)C(F)(F)F)ccc2F)CC1)c1cccc(C)c1C. The van der Waals surface area contributed by atoms with Gasteiger partial charge in [-0.3, -0.25) is 9.59 Å². The minimum atomic E-state index is -4.97. The highest BCUT2D eigenvalue weighted by Gasteiger charge is 2.38. The van der Waals surface area contributed by atoms with E-state index in [1.807, 2.05) is 50.4 Å². The summed E-state index contributed by atoms with van der Waals surface area (Å²) in [5.41, 5.74) is 4.47. The molecule has 2 amide bonds. The van der Waals surface area contributed by atoms with Gasteiger partial charge < -0.3 is 10.2 Å². The normalized spacial score (nSPS) is 15.4. The van der Waals surface area contributed by atoms with Gasteiger partial charge in [0.15, 0.2) is 0 Å². The highest BCUT2D eigenvalue weighted by Crippen LogP contribution is 2.32. The lowest BCUT2D eigenvalue weighted by Crippen LogP contribution is -2.38. The van der Waals surface area contributed by atoms with Gasteiger partial charge >= 0.3 is 12.1 Å². The molecule has 1 saturated heterocycles. The number of hydrogen-bond acceptors (Lipinski definition) is 2. The van der Waals surface area contributed by atoms with Crippen molar-refractivity contribution in [2.45, 2.75) is 52.3 Å². The van der Waals surface area contributed by atoms with E-state index in [0.717, 1.165) is 16.7 Å². The van der Waals surface area contributed by atoms with Crippen LogP contribution >= 0.6 is 0 Å². The van der Waals surface area contributed by atoms with Gasteiger partial charge in [0.1, 0.15) is 5.82 Å². The Labute approximate surface area is 196 Å². The summed E-state index contributed by atoms with van der Waals surface area (Å²) >= 11 is 0. The van der Waals surface area contributed by atoms with E-state index in [4.69, 9.17) is 0 Å². The third-order valence-corrected chi connectivity index (χ3v) is 6.41. The van der Waals surface area contributed by atoms with Crippen molar-refractivity contribution >= 4 is 17.4 Å². The van der Waals surface area contributed by atoms with Crippen LogP contribution in [0, 0.1) is 19.7 Å². The zero-order valence-corrected chi connectivity index (χ0v) is 19.4. The first kappa shape index (κ1) is 25.5. The van der Waals surface area contributed by atoms with Crippen LogP contribution in [0.2, 0.25) is 0 Å². The number of rotatable bonds is 5. The minimum Gasteiger partial charge on any atom is -0.344 e. The minimum absolute atomic E-state index is 0.0706. The molecule has 1 aliphatic rings. The van der Waals surface area contributed by atoms with E-state index < -0.39 is 17.9 Å². The summed E-state index contributed by atoms with van der Waals surface area (Å²) in [5.74, 6) is -2.72. The first-order valence-electron chi connectivity index (χ1n) is 11.2. The Morgan fingerprint density at radius 2 is 1.79 bits per heavy atom. The van der Waals surface area contributed by atoms with E-state index in [1.54, 1.807) is 4.90 Å². The Kier molecular flexibility index (Phi) is 7.79. The summed E-state index contributed by atoms with van der Waals surface area (Å²) in [6.07, 6.45) is -2.09. The van der Waals surface area contributed by atoms with E-state index in [0.29, 0.717) is 42.6 Å². The number of carbonyl (C=O) groups is 2. The van der Waals surface area contributed by atoms with E-state index >= 15 is 0 Å². The Balaban J connectivity index is 1.68. The average molecular weight is 477 g/mol. The number of hydrogen-bond donors (Lipinski definition) is 1. The van der Waals surface area contributed by atoms with Crippen molar-refractivity contribution in [3.8, 4) is 0 Å². The van der Waals surface area contributed by atoms with Gasteiger partial charge in [0.2, 0.25) is 0 Å². The summed E-state index contributed by atoms with van der Waals surface area (Å²) in [6, 6.07) is 9.92. The highest BCUT2D eigenvalue weighted by atomic mass is 19.4. The van der Waals surface area contributed by atoms with Crippen LogP contribution in [0.1, 0.15) is 53.5 Å². The number of halogens is 4. The lowest BCUT2D eigenvalue weighted by molar-refractivity contribution is -0.173. The Morgan fingerprint density at radius 1 is 1.12 bits per heavy atom. The smallest absolute Gasteiger partial charge is 0.344 e. The summed E-state index contributed by atoms with van der Waals surface area (Å²) in [4.78, 5) is 26.1. The average Bonchev–Trinajstić information content (AvgIpc) is 2.81. The summed E-state index contributed by atoms with van der Waals surface area (Å²) < 4.78 is 51.8. The predicted molar refractivity (Wildman–Crippen MR) is 122 cm³/mol. The van der Waals surface area contributed by atoms with Crippen LogP contribution in [0.25, 0.3) is 5.57 Å². The fourth-order valence-corrected chi connectivity index (χ4v) is 4.30. The van der Waals surface area contributed by atoms with Gasteiger partial charge in [-0.2, -0.15) is 13.2 Å². The van der Waals surface area contributed by atoms with E-state index in [1.165, 1.54) is 18.2 Å². The first-order valence-corrected chi connectivity index (χ1v) is 11.2. The summed E-state index contributed by atoms with van der Waals surface area (Å²) in [7, 11) is 0. The monoisotopic (exact) mass is 476 g/mol. The molecule has 0 unspecified atom stereocenters. The van der Waals surface area contributed by atoms with Crippen LogP contribution in [0.15, 0.2) is 42.5 Å². The van der Waals surface area contributed by atoms with E-state index in [2.05, 4.69) is 0 Å². The first-order chi connectivity index (χ1) is 16.0. The van der Waals surface area contributed by atoms with Crippen LogP contribution in [0.4, 0.5) is 17.6 Å². The number of benzene rings is 2. The Morgan fingerprint density at radius 3 is 2.41 bits per heavy atom. The van der Waals surface area contributed by atoms with Crippen molar-refractivity contribution in [1.82, 2.24) is 10.2 Å². The van der Waals surface area contributed by atoms with Gasteiger partial charge in [-0.25, -0.2) is 4.39 Å². The second-order valence-corrected chi connectivity index (χ2v) is 8.55. The lowest BCUT2D eigenvalue weighted by atomic mass is 9.87. The van der Waals surface area contributed by atoms with Crippen LogP contribution in [0.3, 0.4) is 0 Å². The molecule has 34 heavy (non-hydrogen) atoms. The van der Waals surface area contributed by atoms with Gasteiger partial charge in [-0.15, -0.1) is 0 Å². The van der Waals surface area contributed by atoms with Crippen molar-refractivity contribution < 1.29 is 27.2 Å². The van der Waals surface area contributed by atoms with Crippen LogP contribution in [-0.2, 0) is 16.1 Å². The van der Waals surface area contributed by atoms with E-state index in [9.17, 15) is 27.2 Å². The molecule has 8 heteroatoms. The third-order valence-electron chi connectivity index (χ3n) is 6.41. The highest BCUT2D eigenvalue weighted by molar-refractivity contribution is 6.19. The maximum Gasteiger partial charge on any atom is 0.471 e. The van der Waals surface area contributed by atoms with Crippen molar-refractivity contribution in [1.29, 1.82) is 0 Å². The zero-order chi connectivity index (χ0) is 25.0. The molecule has 0 atom stereocenters. The second-order valence-electron chi connectivity index (χ2n) is 8.55. The number of nitrogens with zero attached hydrogens (tertiary/aromatic N) is 1. The number of piperidine rings is 1. The number of nitrogens with one attached hydrogen (secondary N) is 1. The molecule has 0 bridgehead atoms. The van der Waals surface area contributed by atoms with E-state index in [-0.39, 0.29) is 18.4 Å². The Hall–Kier alpha value is -3.16. The molecule has 4 nitrogen and oxygen atoms in total. The van der Waals surface area contributed by atoms with Gasteiger partial charge in [0.05, 0.1) is 0 Å². The van der Waals surface area contributed by atoms with Crippen LogP contribution in [-0.4, -0.2) is 36.0 Å². The Bertz CT molecular complexity index is 1100. The molecule has 182 valence electrons. The number of likely N-dealkylation sites (tertiary alicyclic amines) is 1. The standard InChI is InChI=1S/C26H28F4N2O2/c1-4-20(21-7-5-6-16(2)17(21)3)24(33)32-12-10-19(11-13-32)22-14-18(8-9-23(22)27)15-31-25(34)26(28,29)30/h4-9,14,19H,10-13,15H2,1-3H3,(H,31,34)/b20-4+. The van der Waals surface area contributed by atoms with Crippen LogP contribution in [0.5, 0.6) is 0 Å². The van der Waals surface area contributed by atoms with Gasteiger partial charge in [-0.05, 0) is 73.4 Å².